The molecule has 0 radical (unpaired) electrons. The molecule has 0 saturated carbocycles. The van der Waals surface area contributed by atoms with E-state index in [9.17, 15) is 18.0 Å². The van der Waals surface area contributed by atoms with Crippen molar-refractivity contribution in [2.75, 3.05) is 16.8 Å². The topological polar surface area (TPSA) is 121 Å². The van der Waals surface area contributed by atoms with E-state index in [-0.39, 0.29) is 29.5 Å². The van der Waals surface area contributed by atoms with Crippen molar-refractivity contribution in [3.8, 4) is 0 Å². The Kier molecular flexibility index (Phi) is 4.54. The number of sulfone groups is 1. The summed E-state index contributed by atoms with van der Waals surface area (Å²) in [5, 5.41) is 12.9. The Hall–Kier alpha value is -2.01. The number of anilines is 1. The van der Waals surface area contributed by atoms with Crippen LogP contribution >= 0.6 is 11.3 Å². The first-order chi connectivity index (χ1) is 11.4. The van der Waals surface area contributed by atoms with E-state index in [1.165, 1.54) is 22.4 Å². The van der Waals surface area contributed by atoms with Gasteiger partial charge in [0.2, 0.25) is 11.0 Å². The Balaban J connectivity index is 1.68. The zero-order valence-corrected chi connectivity index (χ0v) is 14.6. The van der Waals surface area contributed by atoms with Crippen LogP contribution in [0.3, 0.4) is 0 Å². The molecule has 3 rings (SSSR count). The maximum absolute atomic E-state index is 12.3. The number of hydrogen-bond acceptors (Lipinski definition) is 8. The van der Waals surface area contributed by atoms with Crippen molar-refractivity contribution in [1.29, 1.82) is 0 Å². The Bertz CT molecular complexity index is 801. The fourth-order valence-corrected chi connectivity index (χ4v) is 4.93. The first kappa shape index (κ1) is 16.8. The number of hydrazine groups is 1. The van der Waals surface area contributed by atoms with Crippen LogP contribution in [0.5, 0.6) is 0 Å². The van der Waals surface area contributed by atoms with Crippen molar-refractivity contribution in [1.82, 2.24) is 20.6 Å². The molecule has 1 fully saturated rings. The maximum atomic E-state index is 12.3. The molecule has 2 N–H and O–H groups in total. The second-order valence-electron chi connectivity index (χ2n) is 5.56. The first-order valence-electron chi connectivity index (χ1n) is 7.51. The van der Waals surface area contributed by atoms with Crippen LogP contribution in [-0.4, -0.2) is 53.0 Å². The smallest absolute Gasteiger partial charge is 0.275 e. The van der Waals surface area contributed by atoms with Crippen LogP contribution in [0.1, 0.15) is 24.8 Å². The molecule has 2 aliphatic heterocycles. The first-order valence-corrected chi connectivity index (χ1v) is 10.1. The lowest BCUT2D eigenvalue weighted by atomic mass is 10.2. The molecule has 1 aromatic heterocycles. The molecule has 11 heteroatoms. The molecule has 1 atom stereocenters. The van der Waals surface area contributed by atoms with Gasteiger partial charge in [-0.2, -0.15) is 0 Å². The van der Waals surface area contributed by atoms with Gasteiger partial charge in [-0.1, -0.05) is 18.3 Å². The lowest BCUT2D eigenvalue weighted by Crippen LogP contribution is -2.53. The van der Waals surface area contributed by atoms with Crippen LogP contribution in [0, 0.1) is 0 Å². The molecule has 0 unspecified atom stereocenters. The molecule has 0 aliphatic carbocycles. The summed E-state index contributed by atoms with van der Waals surface area (Å²) in [6, 6.07) is -0.452. The summed E-state index contributed by atoms with van der Waals surface area (Å²) in [5.74, 6) is -0.722. The lowest BCUT2D eigenvalue weighted by molar-refractivity contribution is -0.136. The predicted octanol–water partition coefficient (Wildman–Crippen LogP) is -0.153. The van der Waals surface area contributed by atoms with Gasteiger partial charge in [0.05, 0.1) is 17.5 Å². The highest BCUT2D eigenvalue weighted by Gasteiger charge is 2.37. The van der Waals surface area contributed by atoms with Crippen LogP contribution < -0.4 is 10.7 Å². The van der Waals surface area contributed by atoms with Gasteiger partial charge in [0, 0.05) is 6.42 Å². The van der Waals surface area contributed by atoms with Crippen LogP contribution in [0.25, 0.3) is 0 Å². The van der Waals surface area contributed by atoms with E-state index in [2.05, 4.69) is 20.9 Å². The number of carbonyl (C=O) groups is 2. The molecule has 0 spiro atoms. The largest absolute Gasteiger partial charge is 0.295 e. The van der Waals surface area contributed by atoms with Gasteiger partial charge in [0.25, 0.3) is 5.91 Å². The monoisotopic (exact) mass is 371 g/mol. The second-order valence-corrected chi connectivity index (χ2v) is 8.85. The van der Waals surface area contributed by atoms with Gasteiger partial charge >= 0.3 is 0 Å². The molecule has 2 amide bonds. The summed E-state index contributed by atoms with van der Waals surface area (Å²) in [7, 11) is -3.13. The minimum absolute atomic E-state index is 0.0443. The minimum Gasteiger partial charge on any atom is -0.295 e. The number of carbonyl (C=O) groups excluding carboxylic acids is 2. The number of hydrogen-bond donors (Lipinski definition) is 2. The van der Waals surface area contributed by atoms with Gasteiger partial charge in [0.15, 0.2) is 9.84 Å². The predicted molar refractivity (Wildman–Crippen MR) is 87.7 cm³/mol. The fraction of sp³-hybridized carbons (Fsp3) is 0.538. The molecule has 1 aromatic rings. The van der Waals surface area contributed by atoms with Gasteiger partial charge in [-0.05, 0) is 18.9 Å². The number of aromatic nitrogens is 2. The van der Waals surface area contributed by atoms with Crippen molar-refractivity contribution in [3.05, 3.63) is 16.8 Å². The SMILES string of the molecule is CCc1nnc(NC(=O)C2=CCC(=O)N([C@@H]3CCS(=O)(=O)C3)N2)s1. The van der Waals surface area contributed by atoms with Gasteiger partial charge in [-0.3, -0.25) is 25.3 Å². The zero-order chi connectivity index (χ0) is 17.3. The molecular formula is C13H17N5O4S2. The summed E-state index contributed by atoms with van der Waals surface area (Å²) < 4.78 is 23.2. The van der Waals surface area contributed by atoms with E-state index in [4.69, 9.17) is 0 Å². The molecule has 9 nitrogen and oxygen atoms in total. The van der Waals surface area contributed by atoms with Gasteiger partial charge < -0.3 is 0 Å². The molecule has 130 valence electrons. The van der Waals surface area contributed by atoms with Crippen LogP contribution in [0.2, 0.25) is 0 Å². The summed E-state index contributed by atoms with van der Waals surface area (Å²) >= 11 is 1.28. The Morgan fingerprint density at radius 3 is 2.92 bits per heavy atom. The Morgan fingerprint density at radius 1 is 1.50 bits per heavy atom. The molecule has 0 aromatic carbocycles. The standard InChI is InChI=1S/C13H17N5O4S2/c1-2-10-15-16-13(23-10)14-12(20)9-3-4-11(19)18(17-9)8-5-6-24(21,22)7-8/h3,8,17H,2,4-7H2,1H3,(H,14,16,20)/t8-/m1/s1. The third kappa shape index (κ3) is 3.56. The van der Waals surface area contributed by atoms with E-state index in [0.717, 1.165) is 11.4 Å². The van der Waals surface area contributed by atoms with Crippen LogP contribution in [-0.2, 0) is 25.8 Å². The Morgan fingerprint density at radius 2 is 2.29 bits per heavy atom. The summed E-state index contributed by atoms with van der Waals surface area (Å²) in [6.45, 7) is 1.94. The van der Waals surface area contributed by atoms with Gasteiger partial charge in [-0.15, -0.1) is 10.2 Å². The number of nitrogens with one attached hydrogen (secondary N) is 2. The number of amides is 2. The minimum atomic E-state index is -3.13. The van der Waals surface area contributed by atoms with Gasteiger partial charge in [-0.25, -0.2) is 8.42 Å². The summed E-state index contributed by atoms with van der Waals surface area (Å²) in [5.41, 5.74) is 2.95. The van der Waals surface area contributed by atoms with Crippen molar-refractivity contribution in [2.45, 2.75) is 32.2 Å². The summed E-state index contributed by atoms with van der Waals surface area (Å²) in [4.78, 5) is 24.3. The normalized spacial score (nSPS) is 22.9. The average molecular weight is 371 g/mol. The van der Waals surface area contributed by atoms with Crippen LogP contribution in [0.4, 0.5) is 5.13 Å². The molecular weight excluding hydrogens is 354 g/mol. The molecule has 1 saturated heterocycles. The molecule has 3 heterocycles. The quantitative estimate of drug-likeness (QED) is 0.755. The van der Waals surface area contributed by atoms with E-state index < -0.39 is 21.8 Å². The Labute approximate surface area is 143 Å². The lowest BCUT2D eigenvalue weighted by Gasteiger charge is -2.32. The number of nitrogens with zero attached hydrogens (tertiary/aromatic N) is 3. The van der Waals surface area contributed by atoms with Crippen molar-refractivity contribution >= 4 is 38.1 Å². The van der Waals surface area contributed by atoms with E-state index >= 15 is 0 Å². The van der Waals surface area contributed by atoms with Crippen LogP contribution in [0.15, 0.2) is 11.8 Å². The highest BCUT2D eigenvalue weighted by atomic mass is 32.2. The number of aryl methyl sites for hydroxylation is 1. The van der Waals surface area contributed by atoms with E-state index in [1.54, 1.807) is 0 Å². The maximum Gasteiger partial charge on any atom is 0.275 e. The highest BCUT2D eigenvalue weighted by Crippen LogP contribution is 2.21. The van der Waals surface area contributed by atoms with Gasteiger partial charge in [0.1, 0.15) is 10.7 Å². The van der Waals surface area contributed by atoms with Crippen molar-refractivity contribution in [3.63, 3.8) is 0 Å². The van der Waals surface area contributed by atoms with E-state index in [0.29, 0.717) is 11.6 Å². The molecule has 24 heavy (non-hydrogen) atoms. The fourth-order valence-electron chi connectivity index (χ4n) is 2.55. The van der Waals surface area contributed by atoms with Crippen molar-refractivity contribution < 1.29 is 18.0 Å². The average Bonchev–Trinajstić information content (AvgIpc) is 3.13. The zero-order valence-electron chi connectivity index (χ0n) is 13.0. The molecule has 0 bridgehead atoms. The second kappa shape index (κ2) is 6.48. The molecule has 2 aliphatic rings. The third-order valence-electron chi connectivity index (χ3n) is 3.80. The van der Waals surface area contributed by atoms with E-state index in [1.807, 2.05) is 6.92 Å². The third-order valence-corrected chi connectivity index (χ3v) is 6.53. The van der Waals surface area contributed by atoms with Crippen molar-refractivity contribution in [2.24, 2.45) is 0 Å². The summed E-state index contributed by atoms with van der Waals surface area (Å²) in [6.07, 6.45) is 2.63. The highest BCUT2D eigenvalue weighted by molar-refractivity contribution is 7.91. The number of rotatable bonds is 4.